The van der Waals surface area contributed by atoms with E-state index in [9.17, 15) is 0 Å². The van der Waals surface area contributed by atoms with Gasteiger partial charge in [0, 0.05) is 33.0 Å². The third-order valence-corrected chi connectivity index (χ3v) is 11.1. The Morgan fingerprint density at radius 1 is 0.536 bits per heavy atom. The average molecular weight is 722 g/mol. The number of aromatic nitrogens is 1. The number of rotatable bonds is 3. The molecule has 0 bridgehead atoms. The number of nitrogens with one attached hydrogen (secondary N) is 1. The molecule has 1 N–H and O–H groups in total. The van der Waals surface area contributed by atoms with Gasteiger partial charge in [-0.15, -0.1) is 0 Å². The number of hydrogen-bond acceptors (Lipinski definition) is 5. The Kier molecular flexibility index (Phi) is 6.59. The van der Waals surface area contributed by atoms with Gasteiger partial charge in [0.1, 0.15) is 11.5 Å². The Hall–Kier alpha value is -7.57. The quantitative estimate of drug-likeness (QED) is 0.197. The zero-order valence-electron chi connectivity index (χ0n) is 29.9. The van der Waals surface area contributed by atoms with Gasteiger partial charge in [-0.2, -0.15) is 0 Å². The molecule has 0 saturated heterocycles. The van der Waals surface area contributed by atoms with E-state index in [1.165, 1.54) is 16.2 Å². The molecule has 56 heavy (non-hydrogen) atoms. The Morgan fingerprint density at radius 3 is 2.05 bits per heavy atom. The van der Waals surface area contributed by atoms with Gasteiger partial charge in [0.25, 0.3) is 0 Å². The van der Waals surface area contributed by atoms with E-state index in [0.29, 0.717) is 17.2 Å². The maximum absolute atomic E-state index is 6.69. The lowest BCUT2D eigenvalue weighted by Crippen LogP contribution is -2.42. The standard InChI is InChI=1S/C50H31N3O3/c1-3-12-31(13-4-1)44-29-35-19-23-38-47(49(35)56-44)48(32-14-5-2-6-15-32)52-50(51-38)53-39-24-21-33(27-37(39)46-36-16-8-7-11-30(36)20-25-40(46)53)34-22-26-43-45(28-34)55-42-18-10-9-17-41(42)54-43/h1-29,38H,(H,51,52). The predicted octanol–water partition coefficient (Wildman–Crippen LogP) is 12.5. The van der Waals surface area contributed by atoms with Crippen LogP contribution in [0.3, 0.4) is 0 Å². The van der Waals surface area contributed by atoms with Gasteiger partial charge in [0.2, 0.25) is 5.96 Å². The number of furan rings is 1. The summed E-state index contributed by atoms with van der Waals surface area (Å²) in [7, 11) is 0. The van der Waals surface area contributed by atoms with E-state index >= 15 is 0 Å². The summed E-state index contributed by atoms with van der Waals surface area (Å²) in [6.45, 7) is 0. The van der Waals surface area contributed by atoms with Gasteiger partial charge in [0.15, 0.2) is 23.0 Å². The van der Waals surface area contributed by atoms with Gasteiger partial charge in [-0.1, -0.05) is 127 Å². The summed E-state index contributed by atoms with van der Waals surface area (Å²) in [5.41, 5.74) is 9.26. The molecule has 1 atom stereocenters. The summed E-state index contributed by atoms with van der Waals surface area (Å²) >= 11 is 0. The molecule has 4 heterocycles. The van der Waals surface area contributed by atoms with Crippen LogP contribution in [-0.2, 0) is 0 Å². The Bertz CT molecular complexity index is 3170. The first-order chi connectivity index (χ1) is 27.7. The molecule has 3 aliphatic rings. The number of para-hydroxylation sites is 2. The molecule has 9 aromatic rings. The van der Waals surface area contributed by atoms with Gasteiger partial charge in [0.05, 0.1) is 22.8 Å². The summed E-state index contributed by atoms with van der Waals surface area (Å²) in [5, 5.41) is 8.52. The van der Waals surface area contributed by atoms with Crippen LogP contribution in [0.15, 0.2) is 179 Å². The van der Waals surface area contributed by atoms with Crippen molar-refractivity contribution in [2.45, 2.75) is 6.04 Å². The summed E-state index contributed by atoms with van der Waals surface area (Å²) in [5.74, 6) is 5.26. The number of aliphatic imine (C=N–C) groups is 1. The van der Waals surface area contributed by atoms with Crippen LogP contribution in [0.4, 0.5) is 0 Å². The second kappa shape index (κ2) is 12.0. The minimum atomic E-state index is -0.171. The van der Waals surface area contributed by atoms with Crippen molar-refractivity contribution < 1.29 is 13.9 Å². The summed E-state index contributed by atoms with van der Waals surface area (Å²) in [4.78, 5) is 5.51. The van der Waals surface area contributed by atoms with Crippen LogP contribution in [0, 0.1) is 0 Å². The van der Waals surface area contributed by atoms with E-state index in [1.807, 2.05) is 54.6 Å². The van der Waals surface area contributed by atoms with E-state index in [0.717, 1.165) is 78.7 Å². The topological polar surface area (TPSA) is 60.9 Å². The predicted molar refractivity (Wildman–Crippen MR) is 225 cm³/mol. The van der Waals surface area contributed by atoms with Crippen molar-refractivity contribution in [2.24, 2.45) is 4.99 Å². The third kappa shape index (κ3) is 4.72. The monoisotopic (exact) mass is 721 g/mol. The third-order valence-electron chi connectivity index (χ3n) is 11.1. The largest absolute Gasteiger partial charge is 0.456 e. The molecule has 2 aromatic heterocycles. The van der Waals surface area contributed by atoms with Gasteiger partial charge in [-0.05, 0) is 70.4 Å². The lowest BCUT2D eigenvalue weighted by atomic mass is 9.90. The summed E-state index contributed by atoms with van der Waals surface area (Å²) in [6, 6.07) is 56.3. The highest BCUT2D eigenvalue weighted by atomic mass is 16.6. The molecule has 0 saturated carbocycles. The number of fused-ring (bicyclic) bond motifs is 10. The highest BCUT2D eigenvalue weighted by Crippen LogP contribution is 2.47. The van der Waals surface area contributed by atoms with Crippen molar-refractivity contribution in [1.82, 2.24) is 9.88 Å². The molecule has 6 heteroatoms. The normalized spacial score (nSPS) is 15.4. The fourth-order valence-corrected chi connectivity index (χ4v) is 8.47. The number of benzene rings is 7. The highest BCUT2D eigenvalue weighted by molar-refractivity contribution is 6.24. The van der Waals surface area contributed by atoms with Gasteiger partial charge < -0.3 is 19.2 Å². The maximum atomic E-state index is 6.69. The second-order valence-corrected chi connectivity index (χ2v) is 14.4. The lowest BCUT2D eigenvalue weighted by Gasteiger charge is -2.30. The number of hydrogen-bond donors (Lipinski definition) is 1. The van der Waals surface area contributed by atoms with Crippen LogP contribution >= 0.6 is 0 Å². The van der Waals surface area contributed by atoms with Crippen molar-refractivity contribution in [3.8, 4) is 45.4 Å². The van der Waals surface area contributed by atoms with Crippen LogP contribution in [-0.4, -0.2) is 16.6 Å². The van der Waals surface area contributed by atoms with Crippen LogP contribution in [0.1, 0.15) is 16.9 Å². The van der Waals surface area contributed by atoms with Crippen molar-refractivity contribution in [1.29, 1.82) is 0 Å². The van der Waals surface area contributed by atoms with Crippen LogP contribution in [0.5, 0.6) is 23.0 Å². The Balaban J connectivity index is 1.06. The molecule has 2 aliphatic heterocycles. The first-order valence-electron chi connectivity index (χ1n) is 18.8. The van der Waals surface area contributed by atoms with E-state index in [-0.39, 0.29) is 6.04 Å². The lowest BCUT2D eigenvalue weighted by molar-refractivity contribution is 0.360. The van der Waals surface area contributed by atoms with Crippen LogP contribution in [0.2, 0.25) is 0 Å². The van der Waals surface area contributed by atoms with E-state index in [1.54, 1.807) is 0 Å². The van der Waals surface area contributed by atoms with Gasteiger partial charge >= 0.3 is 0 Å². The van der Waals surface area contributed by atoms with E-state index in [2.05, 4.69) is 131 Å². The molecule has 0 radical (unpaired) electrons. The molecule has 7 aromatic carbocycles. The molecule has 0 fully saturated rings. The van der Waals surface area contributed by atoms with Crippen molar-refractivity contribution in [2.75, 3.05) is 0 Å². The van der Waals surface area contributed by atoms with Crippen molar-refractivity contribution in [3.05, 3.63) is 187 Å². The average Bonchev–Trinajstić information content (AvgIpc) is 3.85. The number of nitrogens with zero attached hydrogens (tertiary/aromatic N) is 2. The first-order valence-corrected chi connectivity index (χ1v) is 18.8. The molecular weight excluding hydrogens is 691 g/mol. The maximum Gasteiger partial charge on any atom is 0.209 e. The Morgan fingerprint density at radius 2 is 1.21 bits per heavy atom. The molecule has 12 rings (SSSR count). The van der Waals surface area contributed by atoms with Crippen molar-refractivity contribution >= 4 is 55.9 Å². The fraction of sp³-hybridized carbons (Fsp3) is 0.0200. The molecule has 1 aliphatic carbocycles. The minimum Gasteiger partial charge on any atom is -0.456 e. The zero-order chi connectivity index (χ0) is 36.7. The summed E-state index contributed by atoms with van der Waals surface area (Å²) < 4.78 is 21.4. The van der Waals surface area contributed by atoms with Crippen molar-refractivity contribution in [3.63, 3.8) is 0 Å². The molecule has 0 amide bonds. The number of ether oxygens (including phenoxy) is 2. The molecule has 0 spiro atoms. The minimum absolute atomic E-state index is 0.171. The van der Waals surface area contributed by atoms with E-state index < -0.39 is 0 Å². The first kappa shape index (κ1) is 30.8. The summed E-state index contributed by atoms with van der Waals surface area (Å²) in [6.07, 6.45) is 4.39. The van der Waals surface area contributed by atoms with Gasteiger partial charge in [-0.3, -0.25) is 4.57 Å². The fourth-order valence-electron chi connectivity index (χ4n) is 8.47. The van der Waals surface area contributed by atoms with Crippen LogP contribution < -0.4 is 14.8 Å². The molecule has 6 nitrogen and oxygen atoms in total. The van der Waals surface area contributed by atoms with Gasteiger partial charge in [-0.25, -0.2) is 4.99 Å². The SMILES string of the molecule is C1=CC2NC(n3c4ccc(-c5ccc6c(c5)Oc5ccccc5O6)cc4c4c5ccccc5ccc43)=NC(c3ccccc3)=C2c2oc(-c3ccccc3)cc21. The second-order valence-electron chi connectivity index (χ2n) is 14.4. The van der Waals surface area contributed by atoms with Crippen LogP contribution in [0.25, 0.3) is 72.4 Å². The molecular formula is C50H31N3O3. The molecule has 1 unspecified atom stereocenters. The Labute approximate surface area is 321 Å². The smallest absolute Gasteiger partial charge is 0.209 e. The zero-order valence-corrected chi connectivity index (χ0v) is 29.9. The van der Waals surface area contributed by atoms with E-state index in [4.69, 9.17) is 18.9 Å². The highest BCUT2D eigenvalue weighted by Gasteiger charge is 2.33. The molecule has 264 valence electrons.